The van der Waals surface area contributed by atoms with Crippen LogP contribution in [0.25, 0.3) is 11.3 Å². The molecular weight excluding hydrogens is 369 g/mol. The van der Waals surface area contributed by atoms with E-state index in [0.717, 1.165) is 5.56 Å². The summed E-state index contributed by atoms with van der Waals surface area (Å²) in [5.41, 5.74) is 2.04. The van der Waals surface area contributed by atoms with E-state index in [1.807, 2.05) is 6.07 Å². The van der Waals surface area contributed by atoms with Gasteiger partial charge in [-0.15, -0.1) is 10.2 Å². The largest absolute Gasteiger partial charge is 0.475 e. The van der Waals surface area contributed by atoms with Gasteiger partial charge in [-0.3, -0.25) is 0 Å². The summed E-state index contributed by atoms with van der Waals surface area (Å²) in [6.07, 6.45) is 0. The minimum Gasteiger partial charge on any atom is -0.475 e. The Morgan fingerprint density at radius 1 is 0.926 bits per heavy atom. The lowest BCUT2D eigenvalue weighted by molar-refractivity contribution is 0.307. The summed E-state index contributed by atoms with van der Waals surface area (Å²) in [6, 6.07) is 18.2. The second kappa shape index (κ2) is 8.70. The molecule has 140 valence electrons. The van der Waals surface area contributed by atoms with Crippen molar-refractivity contribution in [2.75, 3.05) is 13.2 Å². The number of sulfonamides is 1. The van der Waals surface area contributed by atoms with Crippen molar-refractivity contribution in [3.63, 3.8) is 0 Å². The first-order valence-electron chi connectivity index (χ1n) is 8.25. The molecule has 8 heteroatoms. The molecule has 6 nitrogen and oxygen atoms in total. The number of nitrogens with zero attached hydrogens (tertiary/aromatic N) is 2. The number of nitrogens with one attached hydrogen (secondary N) is 1. The Labute approximate surface area is 157 Å². The minimum absolute atomic E-state index is 0.0833. The fourth-order valence-electron chi connectivity index (χ4n) is 2.37. The molecule has 3 rings (SSSR count). The first-order valence-corrected chi connectivity index (χ1v) is 9.91. The summed E-state index contributed by atoms with van der Waals surface area (Å²) in [4.78, 5) is 0. The van der Waals surface area contributed by atoms with Crippen molar-refractivity contribution in [3.05, 3.63) is 78.1 Å². The number of aromatic nitrogens is 2. The third-order valence-electron chi connectivity index (χ3n) is 3.65. The molecule has 1 N–H and O–H groups in total. The Hall–Kier alpha value is -2.84. The van der Waals surface area contributed by atoms with E-state index in [9.17, 15) is 12.8 Å². The quantitative estimate of drug-likeness (QED) is 0.601. The van der Waals surface area contributed by atoms with Crippen molar-refractivity contribution in [3.8, 4) is 17.1 Å². The van der Waals surface area contributed by atoms with Crippen LogP contribution in [-0.4, -0.2) is 31.8 Å². The molecule has 0 aliphatic carbocycles. The first kappa shape index (κ1) is 18.9. The molecular formula is C19H18FN3O3S. The lowest BCUT2D eigenvalue weighted by atomic mass is 10.1. The Bertz CT molecular complexity index is 963. The first-order chi connectivity index (χ1) is 13.0. The summed E-state index contributed by atoms with van der Waals surface area (Å²) < 4.78 is 44.9. The summed E-state index contributed by atoms with van der Waals surface area (Å²) in [7, 11) is -3.43. The lowest BCUT2D eigenvalue weighted by Gasteiger charge is -2.08. The molecule has 0 amide bonds. The van der Waals surface area contributed by atoms with Gasteiger partial charge in [0.25, 0.3) is 0 Å². The van der Waals surface area contributed by atoms with E-state index < -0.39 is 10.0 Å². The zero-order valence-electron chi connectivity index (χ0n) is 14.4. The van der Waals surface area contributed by atoms with Crippen LogP contribution in [0.2, 0.25) is 0 Å². The molecule has 1 heterocycles. The van der Waals surface area contributed by atoms with Gasteiger partial charge in [0.1, 0.15) is 12.4 Å². The van der Waals surface area contributed by atoms with E-state index in [0.29, 0.717) is 11.3 Å². The van der Waals surface area contributed by atoms with Gasteiger partial charge in [-0.1, -0.05) is 30.3 Å². The Balaban J connectivity index is 1.47. The average Bonchev–Trinajstić information content (AvgIpc) is 2.67. The van der Waals surface area contributed by atoms with Crippen molar-refractivity contribution in [2.24, 2.45) is 0 Å². The smallest absolute Gasteiger partial charge is 0.233 e. The Morgan fingerprint density at radius 3 is 2.33 bits per heavy atom. The molecule has 0 aliphatic heterocycles. The highest BCUT2D eigenvalue weighted by Crippen LogP contribution is 2.18. The molecule has 0 unspecified atom stereocenters. The minimum atomic E-state index is -3.43. The summed E-state index contributed by atoms with van der Waals surface area (Å²) >= 11 is 0. The van der Waals surface area contributed by atoms with Gasteiger partial charge < -0.3 is 4.74 Å². The maximum absolute atomic E-state index is 12.9. The highest BCUT2D eigenvalue weighted by Gasteiger charge is 2.10. The van der Waals surface area contributed by atoms with E-state index in [1.165, 1.54) is 12.1 Å². The molecule has 3 aromatic rings. The van der Waals surface area contributed by atoms with Crippen molar-refractivity contribution >= 4 is 10.0 Å². The fourth-order valence-corrected chi connectivity index (χ4v) is 3.50. The highest BCUT2D eigenvalue weighted by atomic mass is 32.2. The zero-order chi connectivity index (χ0) is 19.1. The molecule has 2 aromatic carbocycles. The van der Waals surface area contributed by atoms with Gasteiger partial charge in [0, 0.05) is 18.2 Å². The van der Waals surface area contributed by atoms with E-state index in [4.69, 9.17) is 4.74 Å². The number of halogens is 1. The van der Waals surface area contributed by atoms with Crippen LogP contribution in [0.15, 0.2) is 66.7 Å². The molecule has 0 fully saturated rings. The van der Waals surface area contributed by atoms with Crippen LogP contribution in [0.1, 0.15) is 5.56 Å². The van der Waals surface area contributed by atoms with Crippen LogP contribution in [0.4, 0.5) is 4.39 Å². The monoisotopic (exact) mass is 387 g/mol. The molecule has 0 atom stereocenters. The predicted octanol–water partition coefficient (Wildman–Crippen LogP) is 2.78. The normalized spacial score (nSPS) is 11.3. The number of hydrogen-bond acceptors (Lipinski definition) is 5. The molecule has 0 saturated heterocycles. The predicted molar refractivity (Wildman–Crippen MR) is 100.0 cm³/mol. The van der Waals surface area contributed by atoms with E-state index in [-0.39, 0.29) is 30.6 Å². The number of hydrogen-bond donors (Lipinski definition) is 1. The third kappa shape index (κ3) is 5.83. The number of rotatable bonds is 8. The van der Waals surface area contributed by atoms with E-state index >= 15 is 0 Å². The van der Waals surface area contributed by atoms with Gasteiger partial charge in [0.15, 0.2) is 0 Å². The van der Waals surface area contributed by atoms with Crippen LogP contribution in [0.5, 0.6) is 5.88 Å². The maximum atomic E-state index is 12.9. The van der Waals surface area contributed by atoms with Gasteiger partial charge in [0.05, 0.1) is 11.4 Å². The Morgan fingerprint density at radius 2 is 1.67 bits per heavy atom. The molecule has 0 radical (unpaired) electrons. The average molecular weight is 387 g/mol. The summed E-state index contributed by atoms with van der Waals surface area (Å²) in [6.45, 7) is 0.245. The van der Waals surface area contributed by atoms with Gasteiger partial charge in [0.2, 0.25) is 15.9 Å². The maximum Gasteiger partial charge on any atom is 0.233 e. The van der Waals surface area contributed by atoms with Crippen molar-refractivity contribution in [2.45, 2.75) is 5.75 Å². The van der Waals surface area contributed by atoms with Crippen molar-refractivity contribution in [1.82, 2.24) is 14.9 Å². The molecule has 1 aromatic heterocycles. The highest BCUT2D eigenvalue weighted by molar-refractivity contribution is 7.88. The van der Waals surface area contributed by atoms with Gasteiger partial charge in [-0.05, 0) is 35.9 Å². The summed E-state index contributed by atoms with van der Waals surface area (Å²) in [5, 5.41) is 7.96. The molecule has 0 saturated carbocycles. The second-order valence-electron chi connectivity index (χ2n) is 5.75. The molecule has 27 heavy (non-hydrogen) atoms. The molecule has 0 aliphatic rings. The van der Waals surface area contributed by atoms with E-state index in [1.54, 1.807) is 48.5 Å². The number of ether oxygens (including phenoxy) is 1. The molecule has 0 bridgehead atoms. The van der Waals surface area contributed by atoms with Crippen LogP contribution in [0.3, 0.4) is 0 Å². The Kier molecular flexibility index (Phi) is 6.10. The SMILES string of the molecule is O=S(=O)(Cc1ccccc1)NCCOc1ccc(-c2ccc(F)cc2)nn1. The van der Waals surface area contributed by atoms with Gasteiger partial charge in [-0.25, -0.2) is 17.5 Å². The summed E-state index contributed by atoms with van der Waals surface area (Å²) in [5.74, 6) is -0.121. The fraction of sp³-hybridized carbons (Fsp3) is 0.158. The van der Waals surface area contributed by atoms with Crippen LogP contribution >= 0.6 is 0 Å². The lowest BCUT2D eigenvalue weighted by Crippen LogP contribution is -2.29. The van der Waals surface area contributed by atoms with Crippen LogP contribution in [-0.2, 0) is 15.8 Å². The van der Waals surface area contributed by atoms with Crippen LogP contribution < -0.4 is 9.46 Å². The molecule has 0 spiro atoms. The topological polar surface area (TPSA) is 81.2 Å². The second-order valence-corrected chi connectivity index (χ2v) is 7.56. The number of benzene rings is 2. The standard InChI is InChI=1S/C19H18FN3O3S/c20-17-8-6-16(7-9-17)18-10-11-19(23-22-18)26-13-12-21-27(24,25)14-15-4-2-1-3-5-15/h1-11,21H,12-14H2. The van der Waals surface area contributed by atoms with Crippen molar-refractivity contribution < 1.29 is 17.5 Å². The van der Waals surface area contributed by atoms with Crippen LogP contribution in [0, 0.1) is 5.82 Å². The zero-order valence-corrected chi connectivity index (χ0v) is 15.2. The van der Waals surface area contributed by atoms with E-state index in [2.05, 4.69) is 14.9 Å². The van der Waals surface area contributed by atoms with Gasteiger partial charge >= 0.3 is 0 Å². The van der Waals surface area contributed by atoms with Gasteiger partial charge in [-0.2, -0.15) is 0 Å². The third-order valence-corrected chi connectivity index (χ3v) is 5.01. The van der Waals surface area contributed by atoms with Crippen molar-refractivity contribution in [1.29, 1.82) is 0 Å².